The van der Waals surface area contributed by atoms with Gasteiger partial charge in [0.15, 0.2) is 0 Å². The highest BCUT2D eigenvalue weighted by Crippen LogP contribution is 1.94. The van der Waals surface area contributed by atoms with Crippen LogP contribution in [-0.4, -0.2) is 23.4 Å². The van der Waals surface area contributed by atoms with E-state index in [1.54, 1.807) is 0 Å². The van der Waals surface area contributed by atoms with E-state index in [2.05, 4.69) is 21.4 Å². The first-order valence-electron chi connectivity index (χ1n) is 3.52. The number of hydrazine groups is 1. The molecule has 7 heteroatoms. The molecular weight excluding hydrogens is 176 g/mol. The average Bonchev–Trinajstić information content (AvgIpc) is 2.47. The van der Waals surface area contributed by atoms with Crippen LogP contribution in [0.15, 0.2) is 5.10 Å². The van der Waals surface area contributed by atoms with Crippen molar-refractivity contribution in [1.29, 1.82) is 0 Å². The van der Waals surface area contributed by atoms with Crippen LogP contribution in [0.1, 0.15) is 13.3 Å². The molecule has 0 atom stereocenters. The second kappa shape index (κ2) is 3.65. The summed E-state index contributed by atoms with van der Waals surface area (Å²) in [5.74, 6) is -1.33. The molecule has 0 aromatic heterocycles. The molecule has 3 amide bonds. The van der Waals surface area contributed by atoms with Crippen molar-refractivity contribution in [2.24, 2.45) is 5.10 Å². The molecule has 13 heavy (non-hydrogen) atoms. The van der Waals surface area contributed by atoms with Gasteiger partial charge >= 0.3 is 0 Å². The van der Waals surface area contributed by atoms with Crippen molar-refractivity contribution in [2.45, 2.75) is 13.3 Å². The number of nitrogens with one attached hydrogen (secondary N) is 3. The van der Waals surface area contributed by atoms with E-state index < -0.39 is 11.8 Å². The van der Waals surface area contributed by atoms with Crippen LogP contribution in [0.5, 0.6) is 0 Å². The largest absolute Gasteiger partial charge is 0.286 e. The normalized spacial score (nSPS) is 14.5. The number of carbonyl (C=O) groups excluding carboxylic acids is 3. The molecule has 1 rings (SSSR count). The van der Waals surface area contributed by atoms with E-state index in [1.165, 1.54) is 6.92 Å². The summed E-state index contributed by atoms with van der Waals surface area (Å²) in [6.07, 6.45) is -0.0641. The Hall–Kier alpha value is -1.92. The molecule has 0 aromatic carbocycles. The predicted molar refractivity (Wildman–Crippen MR) is 42.2 cm³/mol. The zero-order valence-electron chi connectivity index (χ0n) is 6.88. The minimum Gasteiger partial charge on any atom is -0.274 e. The number of amides is 3. The molecule has 0 saturated heterocycles. The third kappa shape index (κ3) is 2.55. The smallest absolute Gasteiger partial charge is 0.274 e. The average molecular weight is 184 g/mol. The lowest BCUT2D eigenvalue weighted by Gasteiger charge is -2.02. The summed E-state index contributed by atoms with van der Waals surface area (Å²) < 4.78 is 0. The van der Waals surface area contributed by atoms with Crippen LogP contribution in [0.3, 0.4) is 0 Å². The molecule has 0 aromatic rings. The molecule has 0 spiro atoms. The summed E-state index contributed by atoms with van der Waals surface area (Å²) >= 11 is 0. The van der Waals surface area contributed by atoms with Crippen molar-refractivity contribution in [2.75, 3.05) is 0 Å². The number of rotatable bonds is 1. The van der Waals surface area contributed by atoms with E-state index in [4.69, 9.17) is 0 Å². The lowest BCUT2D eigenvalue weighted by Crippen LogP contribution is -2.43. The van der Waals surface area contributed by atoms with E-state index in [0.717, 1.165) is 0 Å². The van der Waals surface area contributed by atoms with Crippen molar-refractivity contribution >= 4 is 23.4 Å². The molecule has 0 fully saturated rings. The van der Waals surface area contributed by atoms with Gasteiger partial charge in [0.05, 0.1) is 6.42 Å². The van der Waals surface area contributed by atoms with Crippen molar-refractivity contribution < 1.29 is 14.4 Å². The SMILES string of the molecule is CC(=O)NNC(=O)C1=NNC(=O)C1. The Balaban J connectivity index is 2.40. The molecule has 1 aliphatic rings. The molecule has 0 bridgehead atoms. The van der Waals surface area contributed by atoms with Crippen LogP contribution in [0.2, 0.25) is 0 Å². The topological polar surface area (TPSA) is 99.7 Å². The summed E-state index contributed by atoms with van der Waals surface area (Å²) in [5, 5.41) is 3.45. The first-order valence-corrected chi connectivity index (χ1v) is 3.52. The zero-order chi connectivity index (χ0) is 9.84. The fourth-order valence-electron chi connectivity index (χ4n) is 0.709. The van der Waals surface area contributed by atoms with E-state index in [9.17, 15) is 14.4 Å². The van der Waals surface area contributed by atoms with Gasteiger partial charge in [-0.15, -0.1) is 0 Å². The van der Waals surface area contributed by atoms with Crippen molar-refractivity contribution in [3.05, 3.63) is 0 Å². The monoisotopic (exact) mass is 184 g/mol. The van der Waals surface area contributed by atoms with E-state index >= 15 is 0 Å². The molecule has 3 N–H and O–H groups in total. The summed E-state index contributed by atoms with van der Waals surface area (Å²) in [6.45, 7) is 1.25. The Kier molecular flexibility index (Phi) is 2.58. The maximum absolute atomic E-state index is 11.0. The highest BCUT2D eigenvalue weighted by molar-refractivity contribution is 6.43. The van der Waals surface area contributed by atoms with Gasteiger partial charge in [-0.05, 0) is 0 Å². The first kappa shape index (κ1) is 9.17. The van der Waals surface area contributed by atoms with Gasteiger partial charge in [0.25, 0.3) is 5.91 Å². The van der Waals surface area contributed by atoms with Gasteiger partial charge in [-0.1, -0.05) is 0 Å². The molecule has 70 valence electrons. The minimum absolute atomic E-state index is 0.0544. The van der Waals surface area contributed by atoms with Crippen LogP contribution in [-0.2, 0) is 14.4 Å². The van der Waals surface area contributed by atoms with Crippen LogP contribution < -0.4 is 16.3 Å². The number of hydrazone groups is 1. The Bertz CT molecular complexity index is 296. The maximum atomic E-state index is 11.0. The van der Waals surface area contributed by atoms with Crippen molar-refractivity contribution in [3.8, 4) is 0 Å². The lowest BCUT2D eigenvalue weighted by molar-refractivity contribution is -0.124. The van der Waals surface area contributed by atoms with Crippen molar-refractivity contribution in [1.82, 2.24) is 16.3 Å². The molecule has 0 saturated carbocycles. The lowest BCUT2D eigenvalue weighted by atomic mass is 10.3. The second-order valence-electron chi connectivity index (χ2n) is 2.41. The Morgan fingerprint density at radius 3 is 2.62 bits per heavy atom. The fourth-order valence-corrected chi connectivity index (χ4v) is 0.709. The minimum atomic E-state index is -0.589. The number of hydrogen-bond acceptors (Lipinski definition) is 4. The van der Waals surface area contributed by atoms with E-state index in [1.807, 2.05) is 0 Å². The molecular formula is C6H8N4O3. The quantitative estimate of drug-likeness (QED) is 0.412. The standard InChI is InChI=1S/C6H8N4O3/c1-3(11)7-10-6(13)4-2-5(12)9-8-4/h2H2,1H3,(H,7,11)(H,9,12)(H,10,13). The first-order chi connectivity index (χ1) is 6.09. The Morgan fingerprint density at radius 1 is 1.46 bits per heavy atom. The Morgan fingerprint density at radius 2 is 2.15 bits per heavy atom. The van der Waals surface area contributed by atoms with Crippen LogP contribution in [0.25, 0.3) is 0 Å². The summed E-state index contributed by atoms with van der Waals surface area (Å²) in [6, 6.07) is 0. The summed E-state index contributed by atoms with van der Waals surface area (Å²) in [7, 11) is 0. The van der Waals surface area contributed by atoms with Crippen LogP contribution >= 0.6 is 0 Å². The van der Waals surface area contributed by atoms with Crippen molar-refractivity contribution in [3.63, 3.8) is 0 Å². The third-order valence-corrected chi connectivity index (χ3v) is 1.26. The molecule has 0 aliphatic carbocycles. The number of hydrogen-bond donors (Lipinski definition) is 3. The Labute approximate surface area is 73.5 Å². The van der Waals surface area contributed by atoms with Crippen LogP contribution in [0, 0.1) is 0 Å². The van der Waals surface area contributed by atoms with E-state index in [-0.39, 0.29) is 18.0 Å². The van der Waals surface area contributed by atoms with Gasteiger partial charge in [-0.3, -0.25) is 25.2 Å². The zero-order valence-corrected chi connectivity index (χ0v) is 6.88. The van der Waals surface area contributed by atoms with Gasteiger partial charge in [0.2, 0.25) is 11.8 Å². The summed E-state index contributed by atoms with van der Waals surface area (Å²) in [4.78, 5) is 32.0. The molecule has 1 aliphatic heterocycles. The molecule has 7 nitrogen and oxygen atoms in total. The number of nitrogens with zero attached hydrogens (tertiary/aromatic N) is 1. The van der Waals surface area contributed by atoms with Gasteiger partial charge in [0.1, 0.15) is 5.71 Å². The fraction of sp³-hybridized carbons (Fsp3) is 0.333. The van der Waals surface area contributed by atoms with Gasteiger partial charge < -0.3 is 0 Å². The highest BCUT2D eigenvalue weighted by atomic mass is 16.2. The van der Waals surface area contributed by atoms with Gasteiger partial charge in [-0.2, -0.15) is 5.10 Å². The third-order valence-electron chi connectivity index (χ3n) is 1.26. The predicted octanol–water partition coefficient (Wildman–Crippen LogP) is -1.97. The highest BCUT2D eigenvalue weighted by Gasteiger charge is 2.21. The van der Waals surface area contributed by atoms with Gasteiger partial charge in [0, 0.05) is 6.92 Å². The van der Waals surface area contributed by atoms with E-state index in [0.29, 0.717) is 0 Å². The molecule has 1 heterocycles. The maximum Gasteiger partial charge on any atom is 0.286 e. The molecule has 0 radical (unpaired) electrons. The molecule has 0 unspecified atom stereocenters. The summed E-state index contributed by atoms with van der Waals surface area (Å²) in [5.41, 5.74) is 6.33. The van der Waals surface area contributed by atoms with Crippen LogP contribution in [0.4, 0.5) is 0 Å². The van der Waals surface area contributed by atoms with Gasteiger partial charge in [-0.25, -0.2) is 5.43 Å². The second-order valence-corrected chi connectivity index (χ2v) is 2.41. The number of carbonyl (C=O) groups is 3.